The number of benzene rings is 1. The summed E-state index contributed by atoms with van der Waals surface area (Å²) in [4.78, 5) is 14.0. The van der Waals surface area contributed by atoms with Crippen molar-refractivity contribution in [1.82, 2.24) is 10.2 Å². The van der Waals surface area contributed by atoms with E-state index >= 15 is 0 Å². The van der Waals surface area contributed by atoms with Crippen molar-refractivity contribution in [3.63, 3.8) is 0 Å². The monoisotopic (exact) mass is 277 g/mol. The van der Waals surface area contributed by atoms with E-state index in [9.17, 15) is 4.79 Å². The van der Waals surface area contributed by atoms with Crippen LogP contribution in [-0.4, -0.2) is 43.6 Å². The lowest BCUT2D eigenvalue weighted by molar-refractivity contribution is -0.134. The van der Waals surface area contributed by atoms with Gasteiger partial charge in [-0.2, -0.15) is 0 Å². The molecule has 1 aromatic carbocycles. The number of amides is 1. The Morgan fingerprint density at radius 3 is 2.85 bits per heavy atom. The molecule has 1 fully saturated rings. The van der Waals surface area contributed by atoms with Crippen LogP contribution in [0.4, 0.5) is 5.69 Å². The molecule has 0 bridgehead atoms. The fraction of sp³-hybridized carbons (Fsp3) is 0.533. The molecule has 1 aliphatic rings. The second kappa shape index (κ2) is 6.61. The predicted octanol–water partition coefficient (Wildman–Crippen LogP) is 1.17. The van der Waals surface area contributed by atoms with E-state index in [0.717, 1.165) is 31.5 Å². The molecule has 20 heavy (non-hydrogen) atoms. The molecule has 3 N–H and O–H groups in total. The first-order valence-corrected chi connectivity index (χ1v) is 7.03. The fourth-order valence-electron chi connectivity index (χ4n) is 2.41. The number of nitrogens with two attached hydrogens (primary N) is 1. The number of carbonyl (C=O) groups is 1. The summed E-state index contributed by atoms with van der Waals surface area (Å²) < 4.78 is 5.60. The molecule has 1 amide bonds. The summed E-state index contributed by atoms with van der Waals surface area (Å²) in [5.41, 5.74) is 7.35. The van der Waals surface area contributed by atoms with Gasteiger partial charge in [0.05, 0.1) is 0 Å². The highest BCUT2D eigenvalue weighted by molar-refractivity contribution is 5.78. The number of anilines is 1. The van der Waals surface area contributed by atoms with Crippen LogP contribution in [0.25, 0.3) is 0 Å². The lowest BCUT2D eigenvalue weighted by Crippen LogP contribution is -2.45. The van der Waals surface area contributed by atoms with Gasteiger partial charge in [-0.05, 0) is 44.5 Å². The number of nitrogen functional groups attached to an aromatic ring is 1. The zero-order chi connectivity index (χ0) is 14.5. The Morgan fingerprint density at radius 2 is 2.15 bits per heavy atom. The van der Waals surface area contributed by atoms with Crippen LogP contribution in [0.3, 0.4) is 0 Å². The molecule has 2 rings (SSSR count). The van der Waals surface area contributed by atoms with Gasteiger partial charge in [0.2, 0.25) is 0 Å². The smallest absolute Gasteiger partial charge is 0.260 e. The zero-order valence-electron chi connectivity index (χ0n) is 12.2. The summed E-state index contributed by atoms with van der Waals surface area (Å²) in [6, 6.07) is 5.79. The Kier molecular flexibility index (Phi) is 4.84. The van der Waals surface area contributed by atoms with Crippen LogP contribution >= 0.6 is 0 Å². The SMILES string of the molecule is Cc1ccc(N)cc1OCC(=O)N(C)C1CCNCC1. The summed E-state index contributed by atoms with van der Waals surface area (Å²) in [6.07, 6.45) is 2.00. The van der Waals surface area contributed by atoms with Gasteiger partial charge < -0.3 is 20.7 Å². The van der Waals surface area contributed by atoms with Crippen LogP contribution in [0.15, 0.2) is 18.2 Å². The second-order valence-electron chi connectivity index (χ2n) is 5.30. The Bertz CT molecular complexity index is 470. The zero-order valence-corrected chi connectivity index (χ0v) is 12.2. The largest absolute Gasteiger partial charge is 0.483 e. The van der Waals surface area contributed by atoms with Crippen LogP contribution in [0, 0.1) is 6.92 Å². The number of rotatable bonds is 4. The number of aryl methyl sites for hydroxylation is 1. The molecule has 110 valence electrons. The molecular formula is C15H23N3O2. The molecule has 0 aromatic heterocycles. The van der Waals surface area contributed by atoms with Crippen molar-refractivity contribution >= 4 is 11.6 Å². The topological polar surface area (TPSA) is 67.6 Å². The highest BCUT2D eigenvalue weighted by Gasteiger charge is 2.22. The van der Waals surface area contributed by atoms with Gasteiger partial charge in [0.25, 0.3) is 5.91 Å². The third-order valence-electron chi connectivity index (χ3n) is 3.81. The number of hydrogen-bond acceptors (Lipinski definition) is 4. The van der Waals surface area contributed by atoms with Crippen molar-refractivity contribution in [2.75, 3.05) is 32.5 Å². The third kappa shape index (κ3) is 3.63. The Hall–Kier alpha value is -1.75. The summed E-state index contributed by atoms with van der Waals surface area (Å²) in [6.45, 7) is 3.94. The van der Waals surface area contributed by atoms with E-state index in [0.29, 0.717) is 17.5 Å². The van der Waals surface area contributed by atoms with E-state index in [1.54, 1.807) is 6.07 Å². The molecule has 0 spiro atoms. The van der Waals surface area contributed by atoms with Gasteiger partial charge in [0.15, 0.2) is 6.61 Å². The third-order valence-corrected chi connectivity index (χ3v) is 3.81. The maximum absolute atomic E-state index is 12.2. The van der Waals surface area contributed by atoms with E-state index in [-0.39, 0.29) is 12.5 Å². The maximum Gasteiger partial charge on any atom is 0.260 e. The number of likely N-dealkylation sites (N-methyl/N-ethyl adjacent to an activating group) is 1. The molecule has 5 nitrogen and oxygen atoms in total. The predicted molar refractivity (Wildman–Crippen MR) is 79.7 cm³/mol. The summed E-state index contributed by atoms with van der Waals surface area (Å²) in [5, 5.41) is 3.30. The number of nitrogens with zero attached hydrogens (tertiary/aromatic N) is 1. The van der Waals surface area contributed by atoms with Crippen molar-refractivity contribution in [3.8, 4) is 5.75 Å². The normalized spacial score (nSPS) is 15.9. The van der Waals surface area contributed by atoms with Crippen molar-refractivity contribution in [2.24, 2.45) is 0 Å². The first kappa shape index (κ1) is 14.7. The minimum absolute atomic E-state index is 0.0127. The Morgan fingerprint density at radius 1 is 1.45 bits per heavy atom. The van der Waals surface area contributed by atoms with Gasteiger partial charge in [0.1, 0.15) is 5.75 Å². The minimum atomic E-state index is 0.0127. The molecule has 1 heterocycles. The molecule has 0 atom stereocenters. The fourth-order valence-corrected chi connectivity index (χ4v) is 2.41. The molecule has 1 aliphatic heterocycles. The quantitative estimate of drug-likeness (QED) is 0.811. The number of carbonyl (C=O) groups excluding carboxylic acids is 1. The molecule has 0 radical (unpaired) electrons. The summed E-state index contributed by atoms with van der Waals surface area (Å²) in [5.74, 6) is 0.691. The van der Waals surface area contributed by atoms with E-state index in [1.165, 1.54) is 0 Å². The standard InChI is InChI=1S/C15H23N3O2/c1-11-3-4-12(16)9-14(11)20-10-15(19)18(2)13-5-7-17-8-6-13/h3-4,9,13,17H,5-8,10,16H2,1-2H3. The van der Waals surface area contributed by atoms with E-state index in [4.69, 9.17) is 10.5 Å². The number of piperidine rings is 1. The highest BCUT2D eigenvalue weighted by atomic mass is 16.5. The average Bonchev–Trinajstić information content (AvgIpc) is 2.48. The van der Waals surface area contributed by atoms with Crippen molar-refractivity contribution in [1.29, 1.82) is 0 Å². The summed E-state index contributed by atoms with van der Waals surface area (Å²) in [7, 11) is 1.86. The van der Waals surface area contributed by atoms with Gasteiger partial charge in [-0.3, -0.25) is 4.79 Å². The van der Waals surface area contributed by atoms with Crippen LogP contribution in [0.1, 0.15) is 18.4 Å². The summed E-state index contributed by atoms with van der Waals surface area (Å²) >= 11 is 0. The Balaban J connectivity index is 1.89. The first-order chi connectivity index (χ1) is 9.58. The number of ether oxygens (including phenoxy) is 1. The van der Waals surface area contributed by atoms with Crippen LogP contribution in [-0.2, 0) is 4.79 Å². The minimum Gasteiger partial charge on any atom is -0.483 e. The molecular weight excluding hydrogens is 254 g/mol. The van der Waals surface area contributed by atoms with Gasteiger partial charge >= 0.3 is 0 Å². The highest BCUT2D eigenvalue weighted by Crippen LogP contribution is 2.21. The van der Waals surface area contributed by atoms with Crippen LogP contribution < -0.4 is 15.8 Å². The van der Waals surface area contributed by atoms with Gasteiger partial charge in [-0.25, -0.2) is 0 Å². The van der Waals surface area contributed by atoms with Gasteiger partial charge in [-0.1, -0.05) is 6.07 Å². The van der Waals surface area contributed by atoms with Crippen molar-refractivity contribution in [3.05, 3.63) is 23.8 Å². The lowest BCUT2D eigenvalue weighted by atomic mass is 10.1. The van der Waals surface area contributed by atoms with Crippen LogP contribution in [0.2, 0.25) is 0 Å². The molecule has 1 saturated heterocycles. The van der Waals surface area contributed by atoms with Gasteiger partial charge in [-0.15, -0.1) is 0 Å². The molecule has 0 unspecified atom stereocenters. The van der Waals surface area contributed by atoms with Crippen molar-refractivity contribution in [2.45, 2.75) is 25.8 Å². The molecule has 0 aliphatic carbocycles. The number of nitrogens with one attached hydrogen (secondary N) is 1. The second-order valence-corrected chi connectivity index (χ2v) is 5.30. The first-order valence-electron chi connectivity index (χ1n) is 7.03. The van der Waals surface area contributed by atoms with E-state index < -0.39 is 0 Å². The maximum atomic E-state index is 12.2. The van der Waals surface area contributed by atoms with Crippen molar-refractivity contribution < 1.29 is 9.53 Å². The van der Waals surface area contributed by atoms with E-state index in [2.05, 4.69) is 5.32 Å². The lowest BCUT2D eigenvalue weighted by Gasteiger charge is -2.31. The van der Waals surface area contributed by atoms with Gasteiger partial charge in [0, 0.05) is 24.8 Å². The molecule has 0 saturated carbocycles. The molecule has 1 aromatic rings. The average molecular weight is 277 g/mol. The number of hydrogen-bond donors (Lipinski definition) is 2. The Labute approximate surface area is 120 Å². The van der Waals surface area contributed by atoms with E-state index in [1.807, 2.05) is 31.0 Å². The molecule has 5 heteroatoms. The van der Waals surface area contributed by atoms with Crippen LogP contribution in [0.5, 0.6) is 5.75 Å².